The van der Waals surface area contributed by atoms with Gasteiger partial charge in [0, 0.05) is 19.0 Å². The van der Waals surface area contributed by atoms with Gasteiger partial charge in [0.2, 0.25) is 5.88 Å². The van der Waals surface area contributed by atoms with Gasteiger partial charge in [-0.25, -0.2) is 4.98 Å². The molecule has 1 N–H and O–H groups in total. The molecule has 0 bridgehead atoms. The van der Waals surface area contributed by atoms with Crippen LogP contribution < -0.4 is 10.1 Å². The molecule has 0 radical (unpaired) electrons. The molecule has 1 heterocycles. The Balaban J connectivity index is 2.06. The molecule has 20 heavy (non-hydrogen) atoms. The van der Waals surface area contributed by atoms with Crippen LogP contribution in [0, 0.1) is 0 Å². The van der Waals surface area contributed by atoms with E-state index in [1.54, 1.807) is 0 Å². The van der Waals surface area contributed by atoms with E-state index in [2.05, 4.69) is 34.3 Å². The molecule has 0 amide bonds. The summed E-state index contributed by atoms with van der Waals surface area (Å²) in [6.45, 7) is 5.54. The maximum absolute atomic E-state index is 5.60. The van der Waals surface area contributed by atoms with Crippen molar-refractivity contribution in [2.24, 2.45) is 0 Å². The van der Waals surface area contributed by atoms with Gasteiger partial charge in [-0.3, -0.25) is 0 Å². The second-order valence-electron chi connectivity index (χ2n) is 4.55. The highest BCUT2D eigenvalue weighted by Crippen LogP contribution is 2.15. The number of rotatable bonds is 7. The quantitative estimate of drug-likeness (QED) is 0.838. The molecule has 1 aromatic heterocycles. The first-order valence-corrected chi connectivity index (χ1v) is 7.10. The summed E-state index contributed by atoms with van der Waals surface area (Å²) in [5, 5.41) is 3.32. The summed E-state index contributed by atoms with van der Waals surface area (Å²) >= 11 is 0. The van der Waals surface area contributed by atoms with Gasteiger partial charge in [-0.1, -0.05) is 44.2 Å². The molecule has 1 aromatic carbocycles. The number of aryl methyl sites for hydroxylation is 1. The van der Waals surface area contributed by atoms with Gasteiger partial charge >= 0.3 is 0 Å². The summed E-state index contributed by atoms with van der Waals surface area (Å²) < 4.78 is 5.60. The predicted octanol–water partition coefficient (Wildman–Crippen LogP) is 3.44. The molecule has 0 aliphatic heterocycles. The van der Waals surface area contributed by atoms with Crippen LogP contribution in [0.5, 0.6) is 5.88 Å². The fourth-order valence-electron chi connectivity index (χ4n) is 1.79. The molecule has 0 fully saturated rings. The first kappa shape index (κ1) is 14.3. The Hall–Kier alpha value is -2.10. The van der Waals surface area contributed by atoms with Gasteiger partial charge in [0.1, 0.15) is 11.6 Å². The molecule has 2 aromatic rings. The number of aromatic nitrogens is 2. The van der Waals surface area contributed by atoms with Crippen LogP contribution in [0.1, 0.15) is 31.7 Å². The Bertz CT molecular complexity index is 529. The van der Waals surface area contributed by atoms with E-state index in [4.69, 9.17) is 4.74 Å². The zero-order valence-corrected chi connectivity index (χ0v) is 12.1. The molecule has 106 valence electrons. The number of nitrogens with zero attached hydrogens (tertiary/aromatic N) is 2. The van der Waals surface area contributed by atoms with Crippen molar-refractivity contribution in [2.75, 3.05) is 11.9 Å². The highest BCUT2D eigenvalue weighted by atomic mass is 16.5. The zero-order chi connectivity index (χ0) is 14.2. The number of benzene rings is 1. The van der Waals surface area contributed by atoms with Crippen molar-refractivity contribution < 1.29 is 4.74 Å². The molecule has 4 heteroatoms. The predicted molar refractivity (Wildman–Crippen MR) is 81.0 cm³/mol. The third kappa shape index (κ3) is 4.23. The Morgan fingerprint density at radius 3 is 2.60 bits per heavy atom. The van der Waals surface area contributed by atoms with Crippen LogP contribution >= 0.6 is 0 Å². The fraction of sp³-hybridized carbons (Fsp3) is 0.375. The topological polar surface area (TPSA) is 47.0 Å². The standard InChI is InChI=1S/C16H21N3O/c1-3-10-20-16-11-15(18-14(4-2)19-16)17-12-13-8-6-5-7-9-13/h5-9,11H,3-4,10,12H2,1-2H3,(H,17,18,19). The van der Waals surface area contributed by atoms with E-state index in [9.17, 15) is 0 Å². The Morgan fingerprint density at radius 1 is 1.10 bits per heavy atom. The maximum Gasteiger partial charge on any atom is 0.218 e. The smallest absolute Gasteiger partial charge is 0.218 e. The third-order valence-electron chi connectivity index (χ3n) is 2.84. The van der Waals surface area contributed by atoms with Crippen LogP contribution in [0.15, 0.2) is 36.4 Å². The minimum atomic E-state index is 0.647. The molecule has 0 saturated heterocycles. The van der Waals surface area contributed by atoms with E-state index in [1.165, 1.54) is 5.56 Å². The third-order valence-corrected chi connectivity index (χ3v) is 2.84. The minimum absolute atomic E-state index is 0.647. The van der Waals surface area contributed by atoms with Crippen molar-refractivity contribution in [1.29, 1.82) is 0 Å². The molecular formula is C16H21N3O. The van der Waals surface area contributed by atoms with Crippen LogP contribution in [0.4, 0.5) is 5.82 Å². The molecule has 0 unspecified atom stereocenters. The lowest BCUT2D eigenvalue weighted by Gasteiger charge is -2.10. The lowest BCUT2D eigenvalue weighted by atomic mass is 10.2. The first-order valence-electron chi connectivity index (χ1n) is 7.10. The monoisotopic (exact) mass is 271 g/mol. The van der Waals surface area contributed by atoms with E-state index in [0.29, 0.717) is 12.5 Å². The van der Waals surface area contributed by atoms with E-state index < -0.39 is 0 Å². The molecule has 0 spiro atoms. The largest absolute Gasteiger partial charge is 0.478 e. The van der Waals surface area contributed by atoms with E-state index in [-0.39, 0.29) is 0 Å². The zero-order valence-electron chi connectivity index (χ0n) is 12.1. The van der Waals surface area contributed by atoms with Crippen LogP contribution in [-0.2, 0) is 13.0 Å². The van der Waals surface area contributed by atoms with Crippen LogP contribution in [-0.4, -0.2) is 16.6 Å². The van der Waals surface area contributed by atoms with Gasteiger partial charge in [-0.2, -0.15) is 4.98 Å². The molecule has 0 atom stereocenters. The minimum Gasteiger partial charge on any atom is -0.478 e. The average molecular weight is 271 g/mol. The molecular weight excluding hydrogens is 250 g/mol. The second kappa shape index (κ2) is 7.48. The van der Waals surface area contributed by atoms with Crippen molar-refractivity contribution in [1.82, 2.24) is 9.97 Å². The van der Waals surface area contributed by atoms with E-state index in [0.717, 1.165) is 31.0 Å². The number of anilines is 1. The van der Waals surface area contributed by atoms with Crippen molar-refractivity contribution in [3.63, 3.8) is 0 Å². The summed E-state index contributed by atoms with van der Waals surface area (Å²) in [7, 11) is 0. The summed E-state index contributed by atoms with van der Waals surface area (Å²) in [5.74, 6) is 2.26. The number of nitrogens with one attached hydrogen (secondary N) is 1. The van der Waals surface area contributed by atoms with Crippen molar-refractivity contribution in [3.05, 3.63) is 47.8 Å². The van der Waals surface area contributed by atoms with Crippen LogP contribution in [0.3, 0.4) is 0 Å². The number of ether oxygens (including phenoxy) is 1. The summed E-state index contributed by atoms with van der Waals surface area (Å²) in [6.07, 6.45) is 1.77. The Morgan fingerprint density at radius 2 is 1.90 bits per heavy atom. The fourth-order valence-corrected chi connectivity index (χ4v) is 1.79. The van der Waals surface area contributed by atoms with Crippen LogP contribution in [0.25, 0.3) is 0 Å². The number of hydrogen-bond donors (Lipinski definition) is 1. The SMILES string of the molecule is CCCOc1cc(NCc2ccccc2)nc(CC)n1. The highest BCUT2D eigenvalue weighted by molar-refractivity contribution is 5.39. The summed E-state index contributed by atoms with van der Waals surface area (Å²) in [4.78, 5) is 8.84. The Kier molecular flexibility index (Phi) is 5.35. The Labute approximate surface area is 120 Å². The summed E-state index contributed by atoms with van der Waals surface area (Å²) in [6, 6.07) is 12.1. The van der Waals surface area contributed by atoms with Crippen LogP contribution in [0.2, 0.25) is 0 Å². The van der Waals surface area contributed by atoms with Crippen molar-refractivity contribution in [3.8, 4) is 5.88 Å². The molecule has 0 aliphatic rings. The van der Waals surface area contributed by atoms with E-state index >= 15 is 0 Å². The second-order valence-corrected chi connectivity index (χ2v) is 4.55. The van der Waals surface area contributed by atoms with Gasteiger partial charge in [-0.15, -0.1) is 0 Å². The van der Waals surface area contributed by atoms with Crippen molar-refractivity contribution >= 4 is 5.82 Å². The molecule has 0 saturated carbocycles. The molecule has 4 nitrogen and oxygen atoms in total. The normalized spacial score (nSPS) is 10.3. The van der Waals surface area contributed by atoms with Gasteiger partial charge in [-0.05, 0) is 12.0 Å². The lowest BCUT2D eigenvalue weighted by molar-refractivity contribution is 0.304. The van der Waals surface area contributed by atoms with Gasteiger partial charge in [0.15, 0.2) is 0 Å². The highest BCUT2D eigenvalue weighted by Gasteiger charge is 2.04. The average Bonchev–Trinajstić information content (AvgIpc) is 2.51. The molecule has 0 aliphatic carbocycles. The van der Waals surface area contributed by atoms with Gasteiger partial charge in [0.25, 0.3) is 0 Å². The van der Waals surface area contributed by atoms with E-state index in [1.807, 2.05) is 31.2 Å². The number of hydrogen-bond acceptors (Lipinski definition) is 4. The maximum atomic E-state index is 5.60. The molecule has 2 rings (SSSR count). The summed E-state index contributed by atoms with van der Waals surface area (Å²) in [5.41, 5.74) is 1.22. The lowest BCUT2D eigenvalue weighted by Crippen LogP contribution is -2.06. The van der Waals surface area contributed by atoms with Gasteiger partial charge in [0.05, 0.1) is 6.61 Å². The van der Waals surface area contributed by atoms with Gasteiger partial charge < -0.3 is 10.1 Å². The first-order chi connectivity index (χ1) is 9.81. The van der Waals surface area contributed by atoms with Crippen molar-refractivity contribution in [2.45, 2.75) is 33.2 Å².